The number of rotatable bonds is 18. The standard InChI is InChI=1S/C20H44N.C13H11ClO/c1-5-7-8-9-10-11-12-13-14-15-16-17-18-19-20-21(3,4)6-2;14-12-6-7-13(15)11(9-12)8-10-4-2-1-3-5-10/h5-20H2,1-4H3;1-7,9,15H,8H2/q+1;/p-1. The molecule has 204 valence electrons. The molecule has 0 saturated carbocycles. The van der Waals surface area contributed by atoms with Crippen LogP contribution >= 0.6 is 11.6 Å². The van der Waals surface area contributed by atoms with Crippen molar-refractivity contribution in [2.75, 3.05) is 27.2 Å². The van der Waals surface area contributed by atoms with Gasteiger partial charge < -0.3 is 9.59 Å². The van der Waals surface area contributed by atoms with Crippen molar-refractivity contribution in [2.45, 2.75) is 110 Å². The van der Waals surface area contributed by atoms with Crippen molar-refractivity contribution in [3.05, 3.63) is 64.7 Å². The molecule has 0 unspecified atom stereocenters. The summed E-state index contributed by atoms with van der Waals surface area (Å²) < 4.78 is 1.19. The van der Waals surface area contributed by atoms with Crippen LogP contribution in [0.3, 0.4) is 0 Å². The third-order valence-corrected chi connectivity index (χ3v) is 7.47. The first-order valence-electron chi connectivity index (χ1n) is 14.7. The molecule has 3 heteroatoms. The SMILES string of the molecule is CCCCCCCCCCCCCCCC[N+](C)(C)CC.[O-]c1ccc(Cl)cc1Cc1ccccc1. The van der Waals surface area contributed by atoms with Gasteiger partial charge in [0, 0.05) is 5.02 Å². The average Bonchev–Trinajstić information content (AvgIpc) is 2.87. The van der Waals surface area contributed by atoms with Gasteiger partial charge in [0.15, 0.2) is 0 Å². The predicted molar refractivity (Wildman–Crippen MR) is 158 cm³/mol. The molecule has 0 amide bonds. The Kier molecular flexibility index (Phi) is 18.6. The Morgan fingerprint density at radius 1 is 0.667 bits per heavy atom. The molecule has 0 heterocycles. The van der Waals surface area contributed by atoms with Gasteiger partial charge in [0.25, 0.3) is 0 Å². The van der Waals surface area contributed by atoms with Crippen molar-refractivity contribution in [2.24, 2.45) is 0 Å². The highest BCUT2D eigenvalue weighted by atomic mass is 35.5. The monoisotopic (exact) mass is 515 g/mol. The zero-order valence-corrected chi connectivity index (χ0v) is 24.6. The number of quaternary nitrogens is 1. The van der Waals surface area contributed by atoms with Gasteiger partial charge >= 0.3 is 0 Å². The fourth-order valence-corrected chi connectivity index (χ4v) is 4.59. The molecule has 36 heavy (non-hydrogen) atoms. The molecule has 0 aliphatic carbocycles. The van der Waals surface area contributed by atoms with Crippen LogP contribution in [-0.2, 0) is 6.42 Å². The minimum absolute atomic E-state index is 0.0447. The van der Waals surface area contributed by atoms with Crippen LogP contribution in [0.2, 0.25) is 5.02 Å². The van der Waals surface area contributed by atoms with Crippen molar-refractivity contribution in [3.63, 3.8) is 0 Å². The van der Waals surface area contributed by atoms with Gasteiger partial charge in [0.2, 0.25) is 0 Å². The number of hydrogen-bond donors (Lipinski definition) is 0. The van der Waals surface area contributed by atoms with E-state index in [2.05, 4.69) is 27.9 Å². The van der Waals surface area contributed by atoms with Crippen molar-refractivity contribution in [1.29, 1.82) is 0 Å². The summed E-state index contributed by atoms with van der Waals surface area (Å²) in [6, 6.07) is 14.8. The van der Waals surface area contributed by atoms with Gasteiger partial charge in [-0.2, -0.15) is 0 Å². The molecule has 0 radical (unpaired) electrons. The first kappa shape index (κ1) is 32.5. The molecular formula is C33H54ClNO. The van der Waals surface area contributed by atoms with E-state index >= 15 is 0 Å². The smallest absolute Gasteiger partial charge is 0.0782 e. The lowest BCUT2D eigenvalue weighted by atomic mass is 10.0. The van der Waals surface area contributed by atoms with Crippen molar-refractivity contribution in [1.82, 2.24) is 0 Å². The van der Waals surface area contributed by atoms with Crippen LogP contribution < -0.4 is 5.11 Å². The highest BCUT2D eigenvalue weighted by Crippen LogP contribution is 2.22. The van der Waals surface area contributed by atoms with E-state index in [-0.39, 0.29) is 5.75 Å². The van der Waals surface area contributed by atoms with Crippen LogP contribution in [0.1, 0.15) is 115 Å². The minimum Gasteiger partial charge on any atom is -0.872 e. The van der Waals surface area contributed by atoms with Crippen LogP contribution in [0.4, 0.5) is 0 Å². The number of unbranched alkanes of at least 4 members (excludes halogenated alkanes) is 13. The third-order valence-electron chi connectivity index (χ3n) is 7.23. The Morgan fingerprint density at radius 2 is 1.17 bits per heavy atom. The van der Waals surface area contributed by atoms with Crippen LogP contribution in [-0.4, -0.2) is 31.7 Å². The van der Waals surface area contributed by atoms with Gasteiger partial charge in [-0.25, -0.2) is 0 Å². The third kappa shape index (κ3) is 17.0. The quantitative estimate of drug-likeness (QED) is 0.143. The molecule has 0 aliphatic rings. The van der Waals surface area contributed by atoms with Gasteiger partial charge in [-0.3, -0.25) is 0 Å². The fourth-order valence-electron chi connectivity index (χ4n) is 4.39. The second-order valence-electron chi connectivity index (χ2n) is 11.0. The maximum atomic E-state index is 11.5. The summed E-state index contributed by atoms with van der Waals surface area (Å²) in [6.07, 6.45) is 21.0. The van der Waals surface area contributed by atoms with Crippen LogP contribution in [0.15, 0.2) is 48.5 Å². The molecule has 0 N–H and O–H groups in total. The second kappa shape index (κ2) is 20.5. The van der Waals surface area contributed by atoms with Crippen LogP contribution in [0.5, 0.6) is 5.75 Å². The summed E-state index contributed by atoms with van der Waals surface area (Å²) in [4.78, 5) is 0. The number of nitrogens with zero attached hydrogens (tertiary/aromatic N) is 1. The minimum atomic E-state index is 0.0447. The van der Waals surface area contributed by atoms with E-state index < -0.39 is 0 Å². The molecule has 0 atom stereocenters. The normalized spacial score (nSPS) is 11.2. The summed E-state index contributed by atoms with van der Waals surface area (Å²) in [6.45, 7) is 7.21. The van der Waals surface area contributed by atoms with Crippen molar-refractivity contribution >= 4 is 11.6 Å². The molecule has 0 saturated heterocycles. The van der Waals surface area contributed by atoms with Crippen molar-refractivity contribution < 1.29 is 9.59 Å². The second-order valence-corrected chi connectivity index (χ2v) is 11.4. The predicted octanol–water partition coefficient (Wildman–Crippen LogP) is 9.57. The summed E-state index contributed by atoms with van der Waals surface area (Å²) >= 11 is 5.84. The molecule has 2 rings (SSSR count). The molecule has 2 aromatic carbocycles. The summed E-state index contributed by atoms with van der Waals surface area (Å²) in [7, 11) is 4.70. The lowest BCUT2D eigenvalue weighted by Crippen LogP contribution is -2.39. The lowest BCUT2D eigenvalue weighted by molar-refractivity contribution is -0.888. The Labute approximate surface area is 228 Å². The van der Waals surface area contributed by atoms with Gasteiger partial charge in [-0.1, -0.05) is 138 Å². The highest BCUT2D eigenvalue weighted by molar-refractivity contribution is 6.30. The van der Waals surface area contributed by atoms with E-state index in [1.54, 1.807) is 12.1 Å². The van der Waals surface area contributed by atoms with E-state index in [0.717, 1.165) is 11.1 Å². The summed E-state index contributed by atoms with van der Waals surface area (Å²) in [5.74, 6) is 0.0447. The summed E-state index contributed by atoms with van der Waals surface area (Å²) in [5, 5.41) is 12.1. The Bertz CT molecular complexity index is 775. The topological polar surface area (TPSA) is 23.1 Å². The molecule has 0 aliphatic heterocycles. The van der Waals surface area contributed by atoms with E-state index in [4.69, 9.17) is 11.6 Å². The zero-order valence-electron chi connectivity index (χ0n) is 23.9. The Balaban J connectivity index is 0.000000377. The molecular weight excluding hydrogens is 462 g/mol. The fraction of sp³-hybridized carbons (Fsp3) is 0.636. The van der Waals surface area contributed by atoms with Gasteiger partial charge in [-0.05, 0) is 43.9 Å². The van der Waals surface area contributed by atoms with Gasteiger partial charge in [0.05, 0.1) is 27.2 Å². The van der Waals surface area contributed by atoms with Gasteiger partial charge in [-0.15, -0.1) is 5.75 Å². The van der Waals surface area contributed by atoms with Crippen LogP contribution in [0.25, 0.3) is 0 Å². The largest absolute Gasteiger partial charge is 0.872 e. The van der Waals surface area contributed by atoms with Crippen molar-refractivity contribution in [3.8, 4) is 5.75 Å². The lowest BCUT2D eigenvalue weighted by Gasteiger charge is -2.28. The maximum Gasteiger partial charge on any atom is 0.0782 e. The molecule has 2 aromatic rings. The van der Waals surface area contributed by atoms with E-state index in [1.165, 1.54) is 114 Å². The molecule has 0 fully saturated rings. The molecule has 0 spiro atoms. The Hall–Kier alpha value is -1.51. The molecule has 0 aromatic heterocycles. The number of benzene rings is 2. The first-order chi connectivity index (χ1) is 17.4. The van der Waals surface area contributed by atoms with Crippen LogP contribution in [0, 0.1) is 0 Å². The van der Waals surface area contributed by atoms with Gasteiger partial charge in [0.1, 0.15) is 0 Å². The summed E-state index contributed by atoms with van der Waals surface area (Å²) in [5.41, 5.74) is 1.87. The zero-order chi connectivity index (χ0) is 26.5. The van der Waals surface area contributed by atoms with E-state index in [1.807, 2.05) is 30.3 Å². The number of halogens is 1. The van der Waals surface area contributed by atoms with E-state index in [0.29, 0.717) is 11.4 Å². The molecule has 2 nitrogen and oxygen atoms in total. The average molecular weight is 516 g/mol. The highest BCUT2D eigenvalue weighted by Gasteiger charge is 2.09. The molecule has 0 bridgehead atoms. The maximum absolute atomic E-state index is 11.5. The Morgan fingerprint density at radius 3 is 1.67 bits per heavy atom. The number of hydrogen-bond acceptors (Lipinski definition) is 1. The van der Waals surface area contributed by atoms with E-state index in [9.17, 15) is 5.11 Å². The first-order valence-corrected chi connectivity index (χ1v) is 15.1.